The lowest BCUT2D eigenvalue weighted by Crippen LogP contribution is -2.48. The standard InChI is InChI=1S/C19H19N3OS2/c1-14-2-4-15(5-3-14)16-6-12-24-17(16)18(23)21-8-10-22(11-9-21)19-20-7-13-25-19/h2-7,12-13H,8-11H2,1H3. The Morgan fingerprint density at radius 2 is 1.76 bits per heavy atom. The van der Waals surface area contributed by atoms with Gasteiger partial charge in [-0.15, -0.1) is 22.7 Å². The third-order valence-corrected chi connectivity index (χ3v) is 6.21. The van der Waals surface area contributed by atoms with Crippen LogP contribution in [-0.4, -0.2) is 42.0 Å². The molecule has 0 N–H and O–H groups in total. The molecule has 0 aliphatic carbocycles. The van der Waals surface area contributed by atoms with Crippen LogP contribution < -0.4 is 4.90 Å². The first-order chi connectivity index (χ1) is 12.2. The van der Waals surface area contributed by atoms with Crippen LogP contribution in [0.25, 0.3) is 11.1 Å². The number of hydrogen-bond donors (Lipinski definition) is 0. The van der Waals surface area contributed by atoms with Crippen LogP contribution in [0.15, 0.2) is 47.3 Å². The Labute approximate surface area is 155 Å². The van der Waals surface area contributed by atoms with Gasteiger partial charge in [0.1, 0.15) is 0 Å². The van der Waals surface area contributed by atoms with Crippen LogP contribution in [0.2, 0.25) is 0 Å². The third kappa shape index (κ3) is 3.32. The molecule has 1 saturated heterocycles. The van der Waals surface area contributed by atoms with Crippen molar-refractivity contribution in [2.75, 3.05) is 31.1 Å². The van der Waals surface area contributed by atoms with Gasteiger partial charge < -0.3 is 9.80 Å². The molecule has 128 valence electrons. The second-order valence-electron chi connectivity index (χ2n) is 6.12. The van der Waals surface area contributed by atoms with Crippen molar-refractivity contribution in [3.63, 3.8) is 0 Å². The van der Waals surface area contributed by atoms with Crippen LogP contribution in [0.4, 0.5) is 5.13 Å². The molecule has 0 radical (unpaired) electrons. The Morgan fingerprint density at radius 1 is 1.00 bits per heavy atom. The summed E-state index contributed by atoms with van der Waals surface area (Å²) in [6.07, 6.45) is 1.83. The fourth-order valence-corrected chi connectivity index (χ4v) is 4.63. The van der Waals surface area contributed by atoms with E-state index in [1.807, 2.05) is 27.9 Å². The van der Waals surface area contributed by atoms with E-state index in [0.717, 1.165) is 47.3 Å². The molecule has 1 aromatic carbocycles. The number of anilines is 1. The third-order valence-electron chi connectivity index (χ3n) is 4.48. The van der Waals surface area contributed by atoms with Crippen molar-refractivity contribution in [2.45, 2.75) is 6.92 Å². The molecule has 0 bridgehead atoms. The number of carbonyl (C=O) groups excluding carboxylic acids is 1. The number of hydrogen-bond acceptors (Lipinski definition) is 5. The molecule has 1 fully saturated rings. The average molecular weight is 370 g/mol. The van der Waals surface area contributed by atoms with Gasteiger partial charge in [-0.1, -0.05) is 29.8 Å². The Balaban J connectivity index is 1.49. The number of nitrogens with zero attached hydrogens (tertiary/aromatic N) is 3. The van der Waals surface area contributed by atoms with E-state index in [1.165, 1.54) is 16.9 Å². The Bertz CT molecular complexity index is 847. The van der Waals surface area contributed by atoms with Gasteiger partial charge in [0.2, 0.25) is 0 Å². The van der Waals surface area contributed by atoms with E-state index >= 15 is 0 Å². The molecule has 0 spiro atoms. The predicted molar refractivity (Wildman–Crippen MR) is 105 cm³/mol. The Hall–Kier alpha value is -2.18. The molecule has 4 rings (SSSR count). The Morgan fingerprint density at radius 3 is 2.44 bits per heavy atom. The van der Waals surface area contributed by atoms with Crippen LogP contribution >= 0.6 is 22.7 Å². The average Bonchev–Trinajstić information content (AvgIpc) is 3.34. The zero-order valence-corrected chi connectivity index (χ0v) is 15.6. The molecule has 3 heterocycles. The number of piperazine rings is 1. The summed E-state index contributed by atoms with van der Waals surface area (Å²) >= 11 is 3.18. The zero-order chi connectivity index (χ0) is 17.2. The topological polar surface area (TPSA) is 36.4 Å². The van der Waals surface area contributed by atoms with Crippen molar-refractivity contribution in [1.82, 2.24) is 9.88 Å². The Kier molecular flexibility index (Phi) is 4.55. The predicted octanol–water partition coefficient (Wildman–Crippen LogP) is 4.14. The lowest BCUT2D eigenvalue weighted by atomic mass is 10.0. The summed E-state index contributed by atoms with van der Waals surface area (Å²) in [4.78, 5) is 22.4. The molecular weight excluding hydrogens is 350 g/mol. The van der Waals surface area contributed by atoms with Crippen LogP contribution in [0.5, 0.6) is 0 Å². The van der Waals surface area contributed by atoms with Crippen LogP contribution in [0.3, 0.4) is 0 Å². The minimum atomic E-state index is 0.143. The number of rotatable bonds is 3. The highest BCUT2D eigenvalue weighted by Crippen LogP contribution is 2.30. The van der Waals surface area contributed by atoms with Crippen molar-refractivity contribution >= 4 is 33.7 Å². The molecule has 25 heavy (non-hydrogen) atoms. The van der Waals surface area contributed by atoms with E-state index in [9.17, 15) is 4.79 Å². The fourth-order valence-electron chi connectivity index (χ4n) is 3.05. The number of benzene rings is 1. The zero-order valence-electron chi connectivity index (χ0n) is 14.0. The van der Waals surface area contributed by atoms with E-state index in [0.29, 0.717) is 0 Å². The maximum absolute atomic E-state index is 13.0. The minimum Gasteiger partial charge on any atom is -0.345 e. The second-order valence-corrected chi connectivity index (χ2v) is 7.91. The molecule has 1 aliphatic heterocycles. The summed E-state index contributed by atoms with van der Waals surface area (Å²) in [5, 5.41) is 5.05. The van der Waals surface area contributed by atoms with Crippen LogP contribution in [0.1, 0.15) is 15.2 Å². The lowest BCUT2D eigenvalue weighted by Gasteiger charge is -2.34. The summed E-state index contributed by atoms with van der Waals surface area (Å²) in [5.41, 5.74) is 3.37. The van der Waals surface area contributed by atoms with E-state index in [-0.39, 0.29) is 5.91 Å². The van der Waals surface area contributed by atoms with Gasteiger partial charge in [0.05, 0.1) is 4.88 Å². The molecule has 1 aliphatic rings. The molecule has 0 atom stereocenters. The minimum absolute atomic E-state index is 0.143. The smallest absolute Gasteiger partial charge is 0.264 e. The van der Waals surface area contributed by atoms with Crippen molar-refractivity contribution in [3.05, 3.63) is 57.7 Å². The maximum atomic E-state index is 13.0. The number of aromatic nitrogens is 1. The maximum Gasteiger partial charge on any atom is 0.264 e. The van der Waals surface area contributed by atoms with Gasteiger partial charge in [0.25, 0.3) is 5.91 Å². The van der Waals surface area contributed by atoms with Crippen molar-refractivity contribution in [1.29, 1.82) is 0 Å². The molecule has 0 unspecified atom stereocenters. The van der Waals surface area contributed by atoms with Crippen LogP contribution in [-0.2, 0) is 0 Å². The van der Waals surface area contributed by atoms with Gasteiger partial charge in [0, 0.05) is 43.3 Å². The monoisotopic (exact) mass is 369 g/mol. The summed E-state index contributed by atoms with van der Waals surface area (Å²) in [6.45, 7) is 5.23. The summed E-state index contributed by atoms with van der Waals surface area (Å²) in [7, 11) is 0. The quantitative estimate of drug-likeness (QED) is 0.696. The van der Waals surface area contributed by atoms with E-state index in [2.05, 4.69) is 41.1 Å². The van der Waals surface area contributed by atoms with E-state index < -0.39 is 0 Å². The number of carbonyl (C=O) groups is 1. The highest BCUT2D eigenvalue weighted by molar-refractivity contribution is 7.13. The van der Waals surface area contributed by atoms with Crippen molar-refractivity contribution in [2.24, 2.45) is 0 Å². The van der Waals surface area contributed by atoms with Gasteiger partial charge in [-0.05, 0) is 23.9 Å². The highest BCUT2D eigenvalue weighted by atomic mass is 32.1. The first-order valence-electron chi connectivity index (χ1n) is 8.30. The largest absolute Gasteiger partial charge is 0.345 e. The van der Waals surface area contributed by atoms with E-state index in [1.54, 1.807) is 11.3 Å². The summed E-state index contributed by atoms with van der Waals surface area (Å²) in [5.74, 6) is 0.143. The molecule has 0 saturated carbocycles. The van der Waals surface area contributed by atoms with Crippen molar-refractivity contribution < 1.29 is 4.79 Å². The van der Waals surface area contributed by atoms with Gasteiger partial charge >= 0.3 is 0 Å². The molecule has 2 aromatic heterocycles. The molecule has 6 heteroatoms. The fraction of sp³-hybridized carbons (Fsp3) is 0.263. The van der Waals surface area contributed by atoms with Gasteiger partial charge in [-0.2, -0.15) is 0 Å². The SMILES string of the molecule is Cc1ccc(-c2ccsc2C(=O)N2CCN(c3nccs3)CC2)cc1. The number of thiophene rings is 1. The van der Waals surface area contributed by atoms with Crippen LogP contribution in [0, 0.1) is 6.92 Å². The summed E-state index contributed by atoms with van der Waals surface area (Å²) < 4.78 is 0. The molecule has 1 amide bonds. The first-order valence-corrected chi connectivity index (χ1v) is 10.1. The van der Waals surface area contributed by atoms with Gasteiger partial charge in [-0.25, -0.2) is 4.98 Å². The number of thiazole rings is 1. The molecule has 3 aromatic rings. The molecule has 4 nitrogen and oxygen atoms in total. The van der Waals surface area contributed by atoms with E-state index in [4.69, 9.17) is 0 Å². The van der Waals surface area contributed by atoms with Crippen molar-refractivity contribution in [3.8, 4) is 11.1 Å². The number of aryl methyl sites for hydroxylation is 1. The second kappa shape index (κ2) is 6.98. The first kappa shape index (κ1) is 16.3. The molecular formula is C19H19N3OS2. The number of amides is 1. The highest BCUT2D eigenvalue weighted by Gasteiger charge is 2.25. The van der Waals surface area contributed by atoms with Gasteiger partial charge in [0.15, 0.2) is 5.13 Å². The lowest BCUT2D eigenvalue weighted by molar-refractivity contribution is 0.0752. The van der Waals surface area contributed by atoms with Gasteiger partial charge in [-0.3, -0.25) is 4.79 Å². The summed E-state index contributed by atoms with van der Waals surface area (Å²) in [6, 6.07) is 10.4. The normalized spacial score (nSPS) is 14.8.